The summed E-state index contributed by atoms with van der Waals surface area (Å²) < 4.78 is 32.9. The highest BCUT2D eigenvalue weighted by Gasteiger charge is 2.26. The van der Waals surface area contributed by atoms with E-state index in [0.717, 1.165) is 51.4 Å². The van der Waals surface area contributed by atoms with Crippen LogP contribution in [0.1, 0.15) is 296 Å². The van der Waals surface area contributed by atoms with Gasteiger partial charge in [0.05, 0.1) is 13.2 Å². The third kappa shape index (κ3) is 58.8. The van der Waals surface area contributed by atoms with Gasteiger partial charge in [-0.2, -0.15) is 0 Å². The van der Waals surface area contributed by atoms with Gasteiger partial charge < -0.3 is 20.1 Å². The van der Waals surface area contributed by atoms with Crippen molar-refractivity contribution in [2.24, 2.45) is 5.73 Å². The molecule has 9 nitrogen and oxygen atoms in total. The second-order valence-corrected chi connectivity index (χ2v) is 22.0. The van der Waals surface area contributed by atoms with E-state index in [9.17, 15) is 19.0 Å². The molecule has 0 fully saturated rings. The molecule has 0 spiro atoms. The van der Waals surface area contributed by atoms with Crippen molar-refractivity contribution in [1.82, 2.24) is 0 Å². The lowest BCUT2D eigenvalue weighted by Crippen LogP contribution is -2.29. The van der Waals surface area contributed by atoms with Gasteiger partial charge in [-0.25, -0.2) is 4.57 Å². The number of unbranched alkanes of at least 4 members (excludes halogenated alkanes) is 35. The SMILES string of the molecule is CC/C=C\C/C=C\C/C=C\C/C=C\C/C=C\CCCC(=O)OC(COC(=O)CCCCCCCCCCCCCCCCCCCCCCCCCCCCCCCCCCCCC)COP(=O)(O)OCCN. The standard InChI is InChI=1S/C63H116NO8P/c1-3-5-7-9-11-13-15-17-19-21-22-23-24-25-26-27-28-29-30-31-32-33-34-35-36-37-38-40-41-43-45-47-49-51-53-55-62(65)69-59-61(60-71-73(67,68)70-58-57-64)72-63(66)56-54-52-50-48-46-44-42-39-20-18-16-14-12-10-8-6-4-2/h6,8,12,14,18,20,42,44,48,50,61H,3-5,7,9-11,13,15-17,19,21-41,43,45-47,49,51-60,64H2,1-2H3,(H,67,68)/b8-6-,14-12-,20-18-,44-42-,50-48-. The number of carbonyl (C=O) groups excluding carboxylic acids is 2. The quantitative estimate of drug-likeness (QED) is 0.0264. The Hall–Kier alpha value is -2.29. The molecule has 0 aliphatic carbocycles. The van der Waals surface area contributed by atoms with Crippen LogP contribution >= 0.6 is 7.82 Å². The number of rotatable bonds is 58. The molecule has 0 saturated heterocycles. The first kappa shape index (κ1) is 70.7. The molecule has 2 unspecified atom stereocenters. The van der Waals surface area contributed by atoms with E-state index in [2.05, 4.69) is 68.5 Å². The van der Waals surface area contributed by atoms with Gasteiger partial charge in [-0.3, -0.25) is 18.6 Å². The van der Waals surface area contributed by atoms with Crippen LogP contribution in [0.25, 0.3) is 0 Å². The summed E-state index contributed by atoms with van der Waals surface area (Å²) in [7, 11) is -4.40. The van der Waals surface area contributed by atoms with Gasteiger partial charge in [0.25, 0.3) is 0 Å². The zero-order chi connectivity index (χ0) is 53.1. The van der Waals surface area contributed by atoms with Crippen LogP contribution in [0.3, 0.4) is 0 Å². The van der Waals surface area contributed by atoms with E-state index in [1.807, 2.05) is 6.08 Å². The van der Waals surface area contributed by atoms with Crippen molar-refractivity contribution in [2.45, 2.75) is 302 Å². The highest BCUT2D eigenvalue weighted by Crippen LogP contribution is 2.43. The molecule has 0 aromatic heterocycles. The molecule has 0 aromatic carbocycles. The fourth-order valence-electron chi connectivity index (χ4n) is 8.91. The lowest BCUT2D eigenvalue weighted by molar-refractivity contribution is -0.161. The second kappa shape index (κ2) is 59.0. The van der Waals surface area contributed by atoms with Crippen LogP contribution in [0, 0.1) is 0 Å². The summed E-state index contributed by atoms with van der Waals surface area (Å²) in [6.07, 6.45) is 74.7. The van der Waals surface area contributed by atoms with E-state index in [1.165, 1.54) is 205 Å². The Labute approximate surface area is 450 Å². The zero-order valence-corrected chi connectivity index (χ0v) is 48.5. The van der Waals surface area contributed by atoms with Gasteiger partial charge in [0, 0.05) is 19.4 Å². The molecule has 0 heterocycles. The highest BCUT2D eigenvalue weighted by atomic mass is 31.2. The molecule has 0 rings (SSSR count). The minimum Gasteiger partial charge on any atom is -0.462 e. The summed E-state index contributed by atoms with van der Waals surface area (Å²) in [6.45, 7) is 3.60. The maximum atomic E-state index is 12.6. The average Bonchev–Trinajstić information content (AvgIpc) is 3.38. The van der Waals surface area contributed by atoms with Crippen LogP contribution in [0.2, 0.25) is 0 Å². The number of esters is 2. The van der Waals surface area contributed by atoms with Crippen molar-refractivity contribution in [2.75, 3.05) is 26.4 Å². The fourth-order valence-corrected chi connectivity index (χ4v) is 9.68. The fraction of sp³-hybridized carbons (Fsp3) is 0.810. The average molecular weight is 1050 g/mol. The first-order chi connectivity index (χ1) is 35.8. The second-order valence-electron chi connectivity index (χ2n) is 20.6. The minimum atomic E-state index is -4.40. The number of carbonyl (C=O) groups is 2. The van der Waals surface area contributed by atoms with Crippen LogP contribution < -0.4 is 5.73 Å². The summed E-state index contributed by atoms with van der Waals surface area (Å²) in [5, 5.41) is 0. The Morgan fingerprint density at radius 2 is 0.753 bits per heavy atom. The molecule has 73 heavy (non-hydrogen) atoms. The molecule has 0 aliphatic rings. The summed E-state index contributed by atoms with van der Waals surface area (Å²) in [5.41, 5.74) is 5.37. The molecule has 0 radical (unpaired) electrons. The van der Waals surface area contributed by atoms with Crippen LogP contribution in [-0.2, 0) is 32.7 Å². The first-order valence-corrected chi connectivity index (χ1v) is 32.3. The van der Waals surface area contributed by atoms with E-state index < -0.39 is 32.5 Å². The van der Waals surface area contributed by atoms with Crippen molar-refractivity contribution < 1.29 is 37.6 Å². The molecule has 426 valence electrons. The molecule has 2 atom stereocenters. The Morgan fingerprint density at radius 3 is 1.11 bits per heavy atom. The molecule has 0 aliphatic heterocycles. The van der Waals surface area contributed by atoms with Gasteiger partial charge in [-0.15, -0.1) is 0 Å². The Bertz CT molecular complexity index is 1380. The number of hydrogen-bond donors (Lipinski definition) is 2. The Balaban J connectivity index is 3.84. The van der Waals surface area contributed by atoms with Crippen molar-refractivity contribution >= 4 is 19.8 Å². The summed E-state index contributed by atoms with van der Waals surface area (Å²) in [6, 6.07) is 0. The molecule has 0 amide bonds. The smallest absolute Gasteiger partial charge is 0.462 e. The molecule has 3 N–H and O–H groups in total. The van der Waals surface area contributed by atoms with Gasteiger partial charge in [0.15, 0.2) is 6.10 Å². The number of nitrogens with two attached hydrogens (primary N) is 1. The maximum absolute atomic E-state index is 12.6. The minimum absolute atomic E-state index is 0.0433. The lowest BCUT2D eigenvalue weighted by atomic mass is 10.0. The molecular weight excluding hydrogens is 930 g/mol. The number of ether oxygens (including phenoxy) is 2. The molecule has 0 saturated carbocycles. The molecule has 0 bridgehead atoms. The van der Waals surface area contributed by atoms with Crippen molar-refractivity contribution in [3.8, 4) is 0 Å². The molecular formula is C63H116NO8P. The third-order valence-electron chi connectivity index (χ3n) is 13.4. The van der Waals surface area contributed by atoms with E-state index in [1.54, 1.807) is 0 Å². The van der Waals surface area contributed by atoms with Gasteiger partial charge in [-0.05, 0) is 51.4 Å². The highest BCUT2D eigenvalue weighted by molar-refractivity contribution is 7.47. The zero-order valence-electron chi connectivity index (χ0n) is 47.6. The van der Waals surface area contributed by atoms with Crippen LogP contribution in [0.15, 0.2) is 60.8 Å². The van der Waals surface area contributed by atoms with Crippen LogP contribution in [0.5, 0.6) is 0 Å². The predicted molar refractivity (Wildman–Crippen MR) is 312 cm³/mol. The largest absolute Gasteiger partial charge is 0.472 e. The lowest BCUT2D eigenvalue weighted by Gasteiger charge is -2.19. The number of allylic oxidation sites excluding steroid dienone is 10. The van der Waals surface area contributed by atoms with E-state index >= 15 is 0 Å². The van der Waals surface area contributed by atoms with Crippen LogP contribution in [0.4, 0.5) is 0 Å². The monoisotopic (exact) mass is 1050 g/mol. The van der Waals surface area contributed by atoms with Crippen LogP contribution in [-0.4, -0.2) is 49.3 Å². The van der Waals surface area contributed by atoms with E-state index in [0.29, 0.717) is 12.8 Å². The predicted octanol–water partition coefficient (Wildman–Crippen LogP) is 19.5. The summed E-state index contributed by atoms with van der Waals surface area (Å²) >= 11 is 0. The maximum Gasteiger partial charge on any atom is 0.472 e. The Kier molecular flexibility index (Phi) is 57.1. The van der Waals surface area contributed by atoms with E-state index in [4.69, 9.17) is 24.3 Å². The van der Waals surface area contributed by atoms with Gasteiger partial charge in [0.2, 0.25) is 0 Å². The molecule has 0 aromatic rings. The first-order valence-electron chi connectivity index (χ1n) is 30.8. The normalized spacial score (nSPS) is 13.4. The number of phosphoric acid groups is 1. The van der Waals surface area contributed by atoms with Gasteiger partial charge in [-0.1, -0.05) is 293 Å². The van der Waals surface area contributed by atoms with Crippen molar-refractivity contribution in [1.29, 1.82) is 0 Å². The van der Waals surface area contributed by atoms with Crippen molar-refractivity contribution in [3.63, 3.8) is 0 Å². The molecule has 10 heteroatoms. The number of hydrogen-bond acceptors (Lipinski definition) is 8. The van der Waals surface area contributed by atoms with E-state index in [-0.39, 0.29) is 32.6 Å². The Morgan fingerprint density at radius 1 is 0.425 bits per heavy atom. The number of phosphoric ester groups is 1. The third-order valence-corrected chi connectivity index (χ3v) is 14.4. The summed E-state index contributed by atoms with van der Waals surface area (Å²) in [5.74, 6) is -0.888. The summed E-state index contributed by atoms with van der Waals surface area (Å²) in [4.78, 5) is 35.1. The van der Waals surface area contributed by atoms with Gasteiger partial charge in [0.1, 0.15) is 6.61 Å². The topological polar surface area (TPSA) is 134 Å². The van der Waals surface area contributed by atoms with Gasteiger partial charge >= 0.3 is 19.8 Å². The van der Waals surface area contributed by atoms with Crippen molar-refractivity contribution in [3.05, 3.63) is 60.8 Å².